The summed E-state index contributed by atoms with van der Waals surface area (Å²) in [5.41, 5.74) is 2.07. The number of rotatable bonds is 4. The van der Waals surface area contributed by atoms with E-state index >= 15 is 0 Å². The third-order valence-corrected chi connectivity index (χ3v) is 2.63. The summed E-state index contributed by atoms with van der Waals surface area (Å²) in [5, 5.41) is 7.52. The predicted molar refractivity (Wildman–Crippen MR) is 69.5 cm³/mol. The minimum Gasteiger partial charge on any atom is -0.378 e. The molecule has 2 heterocycles. The molecule has 3 rings (SSSR count). The zero-order valence-electron chi connectivity index (χ0n) is 9.74. The van der Waals surface area contributed by atoms with Crippen molar-refractivity contribution >= 4 is 5.69 Å². The lowest BCUT2D eigenvalue weighted by molar-refractivity contribution is 0.880. The third-order valence-electron chi connectivity index (χ3n) is 2.63. The van der Waals surface area contributed by atoms with Gasteiger partial charge in [0, 0.05) is 30.5 Å². The average Bonchev–Trinajstić information content (AvgIpc) is 3.10. The van der Waals surface area contributed by atoms with Crippen LogP contribution in [0.5, 0.6) is 0 Å². The highest BCUT2D eigenvalue weighted by Gasteiger charge is 1.99. The lowest BCUT2D eigenvalue weighted by Gasteiger charge is -2.07. The van der Waals surface area contributed by atoms with E-state index in [4.69, 9.17) is 0 Å². The number of H-pyrrole nitrogens is 1. The fourth-order valence-corrected chi connectivity index (χ4v) is 1.76. The van der Waals surface area contributed by atoms with Gasteiger partial charge in [-0.05, 0) is 24.3 Å². The monoisotopic (exact) mass is 239 g/mol. The Labute approximate surface area is 104 Å². The van der Waals surface area contributed by atoms with Crippen LogP contribution < -0.4 is 5.32 Å². The summed E-state index contributed by atoms with van der Waals surface area (Å²) in [6.07, 6.45) is 7.25. The summed E-state index contributed by atoms with van der Waals surface area (Å²) in [5.74, 6) is 0.916. The molecule has 0 bridgehead atoms. The smallest absolute Gasteiger partial charge is 0.125 e. The first-order valence-electron chi connectivity index (χ1n) is 5.74. The lowest BCUT2D eigenvalue weighted by Crippen LogP contribution is -2.02. The van der Waals surface area contributed by atoms with Crippen LogP contribution in [0.15, 0.2) is 55.1 Å². The van der Waals surface area contributed by atoms with E-state index in [1.54, 1.807) is 12.4 Å². The second kappa shape index (κ2) is 4.75. The third kappa shape index (κ3) is 2.24. The molecule has 0 saturated carbocycles. The Morgan fingerprint density at radius 2 is 2.22 bits per heavy atom. The summed E-state index contributed by atoms with van der Waals surface area (Å²) >= 11 is 0. The molecule has 0 spiro atoms. The summed E-state index contributed by atoms with van der Waals surface area (Å²) in [7, 11) is 0. The standard InChI is InChI=1S/C13H13N5/c1-3-11(16-10-13-14-6-7-15-13)9-12(4-1)18-8-2-5-17-18/h1-9,16H,10H2,(H,14,15). The first kappa shape index (κ1) is 10.6. The molecule has 0 aliphatic heterocycles. The topological polar surface area (TPSA) is 58.5 Å². The Morgan fingerprint density at radius 1 is 1.22 bits per heavy atom. The molecular weight excluding hydrogens is 226 g/mol. The number of aromatic nitrogens is 4. The zero-order chi connectivity index (χ0) is 12.2. The summed E-state index contributed by atoms with van der Waals surface area (Å²) in [6.45, 7) is 0.676. The molecule has 2 N–H and O–H groups in total. The Morgan fingerprint density at radius 3 is 3.00 bits per heavy atom. The van der Waals surface area contributed by atoms with E-state index in [1.165, 1.54) is 0 Å². The quantitative estimate of drug-likeness (QED) is 0.733. The maximum absolute atomic E-state index is 4.21. The molecule has 0 aliphatic carbocycles. The van der Waals surface area contributed by atoms with E-state index in [0.29, 0.717) is 6.54 Å². The average molecular weight is 239 g/mol. The molecule has 0 unspecified atom stereocenters. The van der Waals surface area contributed by atoms with Gasteiger partial charge in [-0.1, -0.05) is 6.07 Å². The van der Waals surface area contributed by atoms with Gasteiger partial charge >= 0.3 is 0 Å². The van der Waals surface area contributed by atoms with Crippen LogP contribution in [0.1, 0.15) is 5.82 Å². The van der Waals surface area contributed by atoms with E-state index < -0.39 is 0 Å². The second-order valence-corrected chi connectivity index (χ2v) is 3.89. The number of hydrogen-bond acceptors (Lipinski definition) is 3. The van der Waals surface area contributed by atoms with Crippen molar-refractivity contribution in [1.82, 2.24) is 19.7 Å². The Balaban J connectivity index is 1.75. The highest BCUT2D eigenvalue weighted by Crippen LogP contribution is 2.14. The number of anilines is 1. The van der Waals surface area contributed by atoms with Gasteiger partial charge in [0.2, 0.25) is 0 Å². The van der Waals surface area contributed by atoms with Gasteiger partial charge in [0.25, 0.3) is 0 Å². The first-order chi connectivity index (χ1) is 8.92. The summed E-state index contributed by atoms with van der Waals surface area (Å²) in [4.78, 5) is 7.23. The molecule has 5 heteroatoms. The maximum atomic E-state index is 4.21. The lowest BCUT2D eigenvalue weighted by atomic mass is 10.3. The Hall–Kier alpha value is -2.56. The van der Waals surface area contributed by atoms with E-state index in [1.807, 2.05) is 41.3 Å². The normalized spacial score (nSPS) is 10.4. The molecule has 0 aliphatic rings. The van der Waals surface area contributed by atoms with Crippen molar-refractivity contribution in [2.24, 2.45) is 0 Å². The van der Waals surface area contributed by atoms with E-state index in [9.17, 15) is 0 Å². The van der Waals surface area contributed by atoms with Crippen LogP contribution >= 0.6 is 0 Å². The minimum atomic E-state index is 0.676. The van der Waals surface area contributed by atoms with E-state index in [2.05, 4.69) is 26.4 Å². The van der Waals surface area contributed by atoms with Crippen LogP contribution in [0.2, 0.25) is 0 Å². The highest BCUT2D eigenvalue weighted by molar-refractivity contribution is 5.50. The van der Waals surface area contributed by atoms with Gasteiger partial charge in [-0.15, -0.1) is 0 Å². The molecule has 90 valence electrons. The highest BCUT2D eigenvalue weighted by atomic mass is 15.3. The SMILES string of the molecule is c1cc(NCc2ncc[nH]2)cc(-n2cccn2)c1. The molecule has 0 radical (unpaired) electrons. The van der Waals surface area contributed by atoms with Crippen LogP contribution in [0.3, 0.4) is 0 Å². The molecule has 2 aromatic heterocycles. The Kier molecular flexibility index (Phi) is 2.79. The Bertz CT molecular complexity index is 598. The van der Waals surface area contributed by atoms with Crippen molar-refractivity contribution in [3.63, 3.8) is 0 Å². The largest absolute Gasteiger partial charge is 0.378 e. The van der Waals surface area contributed by atoms with Crippen molar-refractivity contribution in [3.05, 3.63) is 60.9 Å². The number of nitrogens with zero attached hydrogens (tertiary/aromatic N) is 3. The zero-order valence-corrected chi connectivity index (χ0v) is 9.74. The first-order valence-corrected chi connectivity index (χ1v) is 5.74. The van der Waals surface area contributed by atoms with Crippen LogP contribution in [-0.4, -0.2) is 19.7 Å². The van der Waals surface area contributed by atoms with Crippen LogP contribution in [-0.2, 0) is 6.54 Å². The number of aromatic amines is 1. The molecule has 18 heavy (non-hydrogen) atoms. The van der Waals surface area contributed by atoms with Crippen molar-refractivity contribution < 1.29 is 0 Å². The maximum Gasteiger partial charge on any atom is 0.125 e. The molecule has 0 amide bonds. The molecule has 1 aromatic carbocycles. The van der Waals surface area contributed by atoms with Gasteiger partial charge in [0.05, 0.1) is 12.2 Å². The minimum absolute atomic E-state index is 0.676. The van der Waals surface area contributed by atoms with Crippen molar-refractivity contribution in [2.45, 2.75) is 6.54 Å². The number of benzene rings is 1. The van der Waals surface area contributed by atoms with Crippen LogP contribution in [0.4, 0.5) is 5.69 Å². The van der Waals surface area contributed by atoms with E-state index in [-0.39, 0.29) is 0 Å². The fourth-order valence-electron chi connectivity index (χ4n) is 1.76. The number of nitrogens with one attached hydrogen (secondary N) is 2. The molecule has 5 nitrogen and oxygen atoms in total. The molecule has 0 fully saturated rings. The van der Waals surface area contributed by atoms with E-state index in [0.717, 1.165) is 17.2 Å². The van der Waals surface area contributed by atoms with Gasteiger partial charge < -0.3 is 10.3 Å². The molecule has 0 saturated heterocycles. The number of hydrogen-bond donors (Lipinski definition) is 2. The summed E-state index contributed by atoms with van der Waals surface area (Å²) < 4.78 is 1.83. The van der Waals surface area contributed by atoms with Gasteiger partial charge in [-0.2, -0.15) is 5.10 Å². The number of imidazole rings is 1. The van der Waals surface area contributed by atoms with Crippen LogP contribution in [0, 0.1) is 0 Å². The van der Waals surface area contributed by atoms with Crippen LogP contribution in [0.25, 0.3) is 5.69 Å². The molecular formula is C13H13N5. The summed E-state index contributed by atoms with van der Waals surface area (Å²) in [6, 6.07) is 10.0. The van der Waals surface area contributed by atoms with Crippen molar-refractivity contribution in [2.75, 3.05) is 5.32 Å². The predicted octanol–water partition coefficient (Wildman–Crippen LogP) is 2.21. The van der Waals surface area contributed by atoms with Crippen molar-refractivity contribution in [1.29, 1.82) is 0 Å². The fraction of sp³-hybridized carbons (Fsp3) is 0.0769. The van der Waals surface area contributed by atoms with Crippen molar-refractivity contribution in [3.8, 4) is 5.69 Å². The van der Waals surface area contributed by atoms with Gasteiger partial charge in [-0.25, -0.2) is 9.67 Å². The van der Waals surface area contributed by atoms with Gasteiger partial charge in [-0.3, -0.25) is 0 Å². The van der Waals surface area contributed by atoms with Gasteiger partial charge in [0.1, 0.15) is 5.82 Å². The van der Waals surface area contributed by atoms with Gasteiger partial charge in [0.15, 0.2) is 0 Å². The second-order valence-electron chi connectivity index (χ2n) is 3.89. The molecule has 3 aromatic rings. The molecule has 0 atom stereocenters.